The van der Waals surface area contributed by atoms with Gasteiger partial charge in [0.2, 0.25) is 5.52 Å². The molecule has 1 heteroatoms. The maximum atomic E-state index is 2.62. The van der Waals surface area contributed by atoms with Gasteiger partial charge in [0.05, 0.1) is 5.39 Å². The SMILES string of the molecule is CCC1(CC)CCc2cc(-c3ccc4c(c3)C(C)(C)c3ccccc3-4)cc3ccc4ccc[n+]1c4c23. The van der Waals surface area contributed by atoms with Gasteiger partial charge in [-0.25, -0.2) is 0 Å². The fraction of sp³-hybridized carbons (Fsp3) is 0.286. The van der Waals surface area contributed by atoms with Crippen LogP contribution in [0.15, 0.2) is 85.1 Å². The van der Waals surface area contributed by atoms with Gasteiger partial charge in [-0.1, -0.05) is 76.2 Å². The van der Waals surface area contributed by atoms with Gasteiger partial charge in [0.15, 0.2) is 11.7 Å². The van der Waals surface area contributed by atoms with Gasteiger partial charge >= 0.3 is 0 Å². The Morgan fingerprint density at radius 1 is 0.722 bits per heavy atom. The molecule has 5 aromatic rings. The zero-order chi connectivity index (χ0) is 24.7. The van der Waals surface area contributed by atoms with E-state index in [0.29, 0.717) is 0 Å². The van der Waals surface area contributed by atoms with Crippen molar-refractivity contribution in [3.8, 4) is 22.3 Å². The standard InChI is InChI=1S/C35H34N/c1-5-35(6-2)18-17-26-21-27(20-25-14-13-23-10-9-19-36(35)33(23)32(25)26)24-15-16-29-28-11-7-8-12-30(28)34(3,4)31(29)22-24/h7-16,19-22H,5-6,17-18H2,1-4H3/q+1. The normalized spacial score (nSPS) is 16.8. The van der Waals surface area contributed by atoms with Gasteiger partial charge in [0.1, 0.15) is 0 Å². The first-order valence-electron chi connectivity index (χ1n) is 13.6. The summed E-state index contributed by atoms with van der Waals surface area (Å²) in [5, 5.41) is 4.17. The highest BCUT2D eigenvalue weighted by molar-refractivity contribution is 6.07. The average Bonchev–Trinajstić information content (AvgIpc) is 3.04. The first-order chi connectivity index (χ1) is 17.5. The van der Waals surface area contributed by atoms with Crippen LogP contribution in [0.1, 0.15) is 63.6 Å². The highest BCUT2D eigenvalue weighted by atomic mass is 15.0. The molecule has 1 nitrogen and oxygen atoms in total. The molecule has 0 bridgehead atoms. The van der Waals surface area contributed by atoms with Crippen LogP contribution in [-0.2, 0) is 17.4 Å². The Balaban J connectivity index is 1.45. The highest BCUT2D eigenvalue weighted by Crippen LogP contribution is 2.49. The molecule has 7 rings (SSSR count). The minimum Gasteiger partial charge on any atom is -0.192 e. The van der Waals surface area contributed by atoms with Crippen molar-refractivity contribution in [2.75, 3.05) is 0 Å². The van der Waals surface area contributed by atoms with E-state index in [0.717, 1.165) is 19.3 Å². The molecule has 0 unspecified atom stereocenters. The lowest BCUT2D eigenvalue weighted by Crippen LogP contribution is -2.55. The van der Waals surface area contributed by atoms with E-state index in [1.54, 1.807) is 0 Å². The van der Waals surface area contributed by atoms with E-state index >= 15 is 0 Å². The molecule has 2 aliphatic rings. The number of hydrogen-bond acceptors (Lipinski definition) is 0. The summed E-state index contributed by atoms with van der Waals surface area (Å²) in [6, 6.07) is 30.2. The number of aryl methyl sites for hydroxylation is 1. The molecule has 0 radical (unpaired) electrons. The minimum atomic E-state index is 0.0220. The molecule has 0 saturated heterocycles. The Bertz CT molecular complexity index is 1680. The van der Waals surface area contributed by atoms with Crippen molar-refractivity contribution in [1.29, 1.82) is 0 Å². The number of hydrogen-bond donors (Lipinski definition) is 0. The lowest BCUT2D eigenvalue weighted by atomic mass is 9.81. The van der Waals surface area contributed by atoms with Crippen LogP contribution in [0.25, 0.3) is 43.9 Å². The predicted molar refractivity (Wildman–Crippen MR) is 152 cm³/mol. The third-order valence-electron chi connectivity index (χ3n) is 9.56. The molecular weight excluding hydrogens is 434 g/mol. The van der Waals surface area contributed by atoms with Gasteiger partial charge in [0, 0.05) is 36.1 Å². The maximum Gasteiger partial charge on any atom is 0.221 e. The third-order valence-corrected chi connectivity index (χ3v) is 9.56. The van der Waals surface area contributed by atoms with Crippen LogP contribution in [0.5, 0.6) is 0 Å². The summed E-state index contributed by atoms with van der Waals surface area (Å²) >= 11 is 0. The molecular formula is C35H34N+. The highest BCUT2D eigenvalue weighted by Gasteiger charge is 2.40. The Hall–Kier alpha value is -3.45. The molecule has 1 aliphatic heterocycles. The molecule has 0 amide bonds. The lowest BCUT2D eigenvalue weighted by Gasteiger charge is -2.25. The molecule has 2 heterocycles. The molecule has 0 spiro atoms. The van der Waals surface area contributed by atoms with Crippen LogP contribution in [0, 0.1) is 0 Å². The number of rotatable bonds is 3. The smallest absolute Gasteiger partial charge is 0.192 e. The van der Waals surface area contributed by atoms with Crippen molar-refractivity contribution in [2.24, 2.45) is 0 Å². The molecule has 0 fully saturated rings. The third kappa shape index (κ3) is 2.80. The van der Waals surface area contributed by atoms with Crippen LogP contribution in [-0.4, -0.2) is 0 Å². The largest absolute Gasteiger partial charge is 0.221 e. The van der Waals surface area contributed by atoms with Crippen molar-refractivity contribution in [3.05, 3.63) is 102 Å². The second kappa shape index (κ2) is 7.53. The van der Waals surface area contributed by atoms with E-state index in [1.807, 2.05) is 0 Å². The molecule has 1 aromatic heterocycles. The van der Waals surface area contributed by atoms with Crippen LogP contribution in [0.2, 0.25) is 0 Å². The summed E-state index contributed by atoms with van der Waals surface area (Å²) in [5.41, 5.74) is 11.5. The van der Waals surface area contributed by atoms with Crippen molar-refractivity contribution in [2.45, 2.75) is 64.3 Å². The second-order valence-corrected chi connectivity index (χ2v) is 11.5. The molecule has 0 N–H and O–H groups in total. The van der Waals surface area contributed by atoms with E-state index < -0.39 is 0 Å². The quantitative estimate of drug-likeness (QED) is 0.184. The van der Waals surface area contributed by atoms with E-state index in [4.69, 9.17) is 0 Å². The zero-order valence-electron chi connectivity index (χ0n) is 21.9. The van der Waals surface area contributed by atoms with E-state index in [-0.39, 0.29) is 11.0 Å². The van der Waals surface area contributed by atoms with Gasteiger partial charge in [0.25, 0.3) is 0 Å². The minimum absolute atomic E-state index is 0.0220. The average molecular weight is 469 g/mol. The Kier molecular flexibility index (Phi) is 4.56. The van der Waals surface area contributed by atoms with Gasteiger partial charge in [-0.15, -0.1) is 0 Å². The Labute approximate surface area is 214 Å². The Morgan fingerprint density at radius 3 is 2.33 bits per heavy atom. The van der Waals surface area contributed by atoms with Gasteiger partial charge in [-0.2, -0.15) is 4.57 Å². The fourth-order valence-corrected chi connectivity index (χ4v) is 7.33. The van der Waals surface area contributed by atoms with Crippen LogP contribution in [0.4, 0.5) is 0 Å². The van der Waals surface area contributed by atoms with Crippen LogP contribution >= 0.6 is 0 Å². The summed E-state index contributed by atoms with van der Waals surface area (Å²) in [7, 11) is 0. The topological polar surface area (TPSA) is 3.88 Å². The first-order valence-corrected chi connectivity index (χ1v) is 13.6. The van der Waals surface area contributed by atoms with Gasteiger partial charge in [-0.3, -0.25) is 0 Å². The summed E-state index contributed by atoms with van der Waals surface area (Å²) in [5.74, 6) is 0. The molecule has 1 aliphatic carbocycles. The summed E-state index contributed by atoms with van der Waals surface area (Å²) in [6.07, 6.45) is 6.95. The van der Waals surface area contributed by atoms with Crippen molar-refractivity contribution >= 4 is 21.7 Å². The van der Waals surface area contributed by atoms with E-state index in [9.17, 15) is 0 Å². The maximum absolute atomic E-state index is 2.62. The molecule has 36 heavy (non-hydrogen) atoms. The monoisotopic (exact) mass is 468 g/mol. The van der Waals surface area contributed by atoms with E-state index in [1.165, 1.54) is 67.0 Å². The van der Waals surface area contributed by atoms with Crippen LogP contribution < -0.4 is 4.57 Å². The first kappa shape index (κ1) is 21.8. The number of nitrogens with zero attached hydrogens (tertiary/aromatic N) is 1. The summed E-state index contributed by atoms with van der Waals surface area (Å²) in [6.45, 7) is 9.47. The number of aromatic nitrogens is 1. The molecule has 178 valence electrons. The Morgan fingerprint density at radius 2 is 1.50 bits per heavy atom. The molecule has 4 aromatic carbocycles. The van der Waals surface area contributed by atoms with Crippen molar-refractivity contribution in [3.63, 3.8) is 0 Å². The van der Waals surface area contributed by atoms with Crippen molar-refractivity contribution in [1.82, 2.24) is 0 Å². The van der Waals surface area contributed by atoms with Gasteiger partial charge < -0.3 is 0 Å². The van der Waals surface area contributed by atoms with Crippen molar-refractivity contribution < 1.29 is 4.57 Å². The number of fused-ring (bicyclic) bond motifs is 3. The number of pyridine rings is 1. The fourth-order valence-electron chi connectivity index (χ4n) is 7.33. The van der Waals surface area contributed by atoms with Gasteiger partial charge in [-0.05, 0) is 75.0 Å². The molecule has 0 atom stereocenters. The summed E-state index contributed by atoms with van der Waals surface area (Å²) in [4.78, 5) is 0. The number of benzene rings is 4. The summed E-state index contributed by atoms with van der Waals surface area (Å²) < 4.78 is 2.62. The van der Waals surface area contributed by atoms with Crippen LogP contribution in [0.3, 0.4) is 0 Å². The zero-order valence-corrected chi connectivity index (χ0v) is 21.9. The second-order valence-electron chi connectivity index (χ2n) is 11.5. The predicted octanol–water partition coefficient (Wildman–Crippen LogP) is 8.72. The molecule has 0 saturated carbocycles. The lowest BCUT2D eigenvalue weighted by molar-refractivity contribution is -0.743. The van der Waals surface area contributed by atoms with E-state index in [2.05, 4.69) is 117 Å².